The van der Waals surface area contributed by atoms with Gasteiger partial charge < -0.3 is 5.32 Å². The normalized spacial score (nSPS) is 12.2. The Balaban J connectivity index is 2.75. The third kappa shape index (κ3) is 4.49. The molecule has 0 saturated heterocycles. The molecule has 0 bridgehead atoms. The monoisotopic (exact) mass is 337 g/mol. The predicted molar refractivity (Wildman–Crippen MR) is 76.4 cm³/mol. The first-order chi connectivity index (χ1) is 8.08. The second kappa shape index (κ2) is 7.24. The lowest BCUT2D eigenvalue weighted by Crippen LogP contribution is -2.34. The van der Waals surface area contributed by atoms with Crippen molar-refractivity contribution in [1.82, 2.24) is 5.32 Å². The van der Waals surface area contributed by atoms with Gasteiger partial charge in [0.05, 0.1) is 10.6 Å². The zero-order valence-corrected chi connectivity index (χ0v) is 12.6. The van der Waals surface area contributed by atoms with Gasteiger partial charge in [-0.25, -0.2) is 0 Å². The molecule has 1 aromatic carbocycles. The smallest absolute Gasteiger partial charge is 0.253 e. The molecule has 0 fully saturated rings. The third-order valence-electron chi connectivity index (χ3n) is 2.46. The summed E-state index contributed by atoms with van der Waals surface area (Å²) in [5, 5.41) is 4.71. The number of hydrogen-bond acceptors (Lipinski definition) is 1. The molecule has 0 aliphatic heterocycles. The van der Waals surface area contributed by atoms with Gasteiger partial charge >= 0.3 is 0 Å². The number of amides is 1. The molecule has 1 N–H and O–H groups in total. The Morgan fingerprint density at radius 3 is 2.71 bits per heavy atom. The van der Waals surface area contributed by atoms with Crippen LogP contribution in [0, 0.1) is 0 Å². The molecule has 17 heavy (non-hydrogen) atoms. The van der Waals surface area contributed by atoms with Gasteiger partial charge in [-0.2, -0.15) is 0 Å². The van der Waals surface area contributed by atoms with Crippen LogP contribution in [0.1, 0.15) is 30.1 Å². The Hall–Kier alpha value is -0.250. The van der Waals surface area contributed by atoms with Crippen LogP contribution in [0.4, 0.5) is 0 Å². The average molecular weight is 339 g/mol. The van der Waals surface area contributed by atoms with Gasteiger partial charge in [-0.1, -0.05) is 46.1 Å². The van der Waals surface area contributed by atoms with E-state index in [1.54, 1.807) is 18.2 Å². The summed E-state index contributed by atoms with van der Waals surface area (Å²) < 4.78 is 0. The predicted octanol–water partition coefficient (Wildman–Crippen LogP) is 4.29. The fraction of sp³-hybridized carbons (Fsp3) is 0.417. The summed E-state index contributed by atoms with van der Waals surface area (Å²) in [7, 11) is 0. The SMILES string of the molecule is CCC(CCBr)NC(=O)c1ccc(Cl)cc1Cl. The van der Waals surface area contributed by atoms with E-state index < -0.39 is 0 Å². The van der Waals surface area contributed by atoms with Crippen molar-refractivity contribution >= 4 is 45.0 Å². The van der Waals surface area contributed by atoms with Crippen molar-refractivity contribution in [2.24, 2.45) is 0 Å². The highest BCUT2D eigenvalue weighted by molar-refractivity contribution is 9.09. The highest BCUT2D eigenvalue weighted by atomic mass is 79.9. The van der Waals surface area contributed by atoms with E-state index in [2.05, 4.69) is 21.2 Å². The third-order valence-corrected chi connectivity index (χ3v) is 3.47. The maximum Gasteiger partial charge on any atom is 0.253 e. The quantitative estimate of drug-likeness (QED) is 0.797. The maximum atomic E-state index is 12.0. The lowest BCUT2D eigenvalue weighted by molar-refractivity contribution is 0.0935. The minimum atomic E-state index is -0.153. The maximum absolute atomic E-state index is 12.0. The summed E-state index contributed by atoms with van der Waals surface area (Å²) in [4.78, 5) is 12.0. The second-order valence-corrected chi connectivity index (χ2v) is 5.32. The van der Waals surface area contributed by atoms with Gasteiger partial charge in [-0.3, -0.25) is 4.79 Å². The summed E-state index contributed by atoms with van der Waals surface area (Å²) in [5.74, 6) is -0.153. The van der Waals surface area contributed by atoms with Crippen molar-refractivity contribution in [2.75, 3.05) is 5.33 Å². The number of benzene rings is 1. The Kier molecular flexibility index (Phi) is 6.31. The Bertz CT molecular complexity index is 398. The highest BCUT2D eigenvalue weighted by Gasteiger charge is 2.14. The second-order valence-electron chi connectivity index (χ2n) is 3.68. The molecule has 0 heterocycles. The summed E-state index contributed by atoms with van der Waals surface area (Å²) >= 11 is 15.1. The number of nitrogens with one attached hydrogen (secondary N) is 1. The van der Waals surface area contributed by atoms with E-state index in [1.807, 2.05) is 6.92 Å². The molecule has 2 nitrogen and oxygen atoms in total. The molecule has 0 radical (unpaired) electrons. The van der Waals surface area contributed by atoms with Gasteiger partial charge in [-0.05, 0) is 31.0 Å². The van der Waals surface area contributed by atoms with E-state index in [9.17, 15) is 4.79 Å². The van der Waals surface area contributed by atoms with Crippen LogP contribution in [0.3, 0.4) is 0 Å². The van der Waals surface area contributed by atoms with Gasteiger partial charge in [0.2, 0.25) is 0 Å². The van der Waals surface area contributed by atoms with Gasteiger partial charge in [0.15, 0.2) is 0 Å². The zero-order valence-electron chi connectivity index (χ0n) is 9.47. The number of alkyl halides is 1. The van der Waals surface area contributed by atoms with Crippen LogP contribution in [-0.2, 0) is 0 Å². The molecule has 0 aromatic heterocycles. The molecule has 1 rings (SSSR count). The van der Waals surface area contributed by atoms with E-state index >= 15 is 0 Å². The lowest BCUT2D eigenvalue weighted by atomic mass is 10.1. The van der Waals surface area contributed by atoms with Crippen molar-refractivity contribution in [3.63, 3.8) is 0 Å². The minimum absolute atomic E-state index is 0.153. The fourth-order valence-electron chi connectivity index (χ4n) is 1.45. The first-order valence-electron chi connectivity index (χ1n) is 5.40. The van der Waals surface area contributed by atoms with Crippen LogP contribution in [0.5, 0.6) is 0 Å². The van der Waals surface area contributed by atoms with Crippen LogP contribution in [0.2, 0.25) is 10.0 Å². The molecule has 5 heteroatoms. The van der Waals surface area contributed by atoms with E-state index in [-0.39, 0.29) is 11.9 Å². The van der Waals surface area contributed by atoms with E-state index in [0.717, 1.165) is 18.2 Å². The number of halogens is 3. The molecule has 1 atom stereocenters. The summed E-state index contributed by atoms with van der Waals surface area (Å²) in [6, 6.07) is 5.03. The van der Waals surface area contributed by atoms with E-state index in [4.69, 9.17) is 23.2 Å². The lowest BCUT2D eigenvalue weighted by Gasteiger charge is -2.16. The van der Waals surface area contributed by atoms with Crippen molar-refractivity contribution in [1.29, 1.82) is 0 Å². The Morgan fingerprint density at radius 1 is 1.47 bits per heavy atom. The van der Waals surface area contributed by atoms with Gasteiger partial charge in [-0.15, -0.1) is 0 Å². The Morgan fingerprint density at radius 2 is 2.18 bits per heavy atom. The van der Waals surface area contributed by atoms with Crippen molar-refractivity contribution in [3.05, 3.63) is 33.8 Å². The number of carbonyl (C=O) groups is 1. The van der Waals surface area contributed by atoms with E-state index in [0.29, 0.717) is 15.6 Å². The van der Waals surface area contributed by atoms with Crippen LogP contribution in [0.15, 0.2) is 18.2 Å². The Labute approximate surface area is 120 Å². The van der Waals surface area contributed by atoms with Crippen LogP contribution < -0.4 is 5.32 Å². The standard InChI is InChI=1S/C12H14BrCl2NO/c1-2-9(5-6-13)16-12(17)10-4-3-8(14)7-11(10)15/h3-4,7,9H,2,5-6H2,1H3,(H,16,17). The summed E-state index contributed by atoms with van der Waals surface area (Å²) in [5.41, 5.74) is 0.462. The van der Waals surface area contributed by atoms with Crippen molar-refractivity contribution in [3.8, 4) is 0 Å². The first kappa shape index (κ1) is 14.8. The van der Waals surface area contributed by atoms with E-state index in [1.165, 1.54) is 0 Å². The summed E-state index contributed by atoms with van der Waals surface area (Å²) in [6.45, 7) is 2.04. The van der Waals surface area contributed by atoms with Crippen LogP contribution >= 0.6 is 39.1 Å². The number of carbonyl (C=O) groups excluding carboxylic acids is 1. The van der Waals surface area contributed by atoms with Crippen LogP contribution in [0.25, 0.3) is 0 Å². The fourth-order valence-corrected chi connectivity index (χ4v) is 2.49. The summed E-state index contributed by atoms with van der Waals surface area (Å²) in [6.07, 6.45) is 1.79. The van der Waals surface area contributed by atoms with Gasteiger partial charge in [0.1, 0.15) is 0 Å². The molecule has 1 unspecified atom stereocenters. The molecule has 0 spiro atoms. The van der Waals surface area contributed by atoms with Crippen molar-refractivity contribution in [2.45, 2.75) is 25.8 Å². The largest absolute Gasteiger partial charge is 0.349 e. The van der Waals surface area contributed by atoms with Crippen LogP contribution in [-0.4, -0.2) is 17.3 Å². The topological polar surface area (TPSA) is 29.1 Å². The molecule has 1 amide bonds. The molecule has 0 aliphatic rings. The van der Waals surface area contributed by atoms with Crippen molar-refractivity contribution < 1.29 is 4.79 Å². The molecule has 94 valence electrons. The molecule has 0 saturated carbocycles. The first-order valence-corrected chi connectivity index (χ1v) is 7.28. The highest BCUT2D eigenvalue weighted by Crippen LogP contribution is 2.21. The molecule has 0 aliphatic carbocycles. The number of rotatable bonds is 5. The molecular formula is C12H14BrCl2NO. The zero-order chi connectivity index (χ0) is 12.8. The minimum Gasteiger partial charge on any atom is -0.349 e. The molecular weight excluding hydrogens is 325 g/mol. The van der Waals surface area contributed by atoms with Gasteiger partial charge in [0, 0.05) is 16.4 Å². The number of hydrogen-bond donors (Lipinski definition) is 1. The molecule has 1 aromatic rings. The average Bonchev–Trinajstić information content (AvgIpc) is 2.28. The van der Waals surface area contributed by atoms with Gasteiger partial charge in [0.25, 0.3) is 5.91 Å².